The van der Waals surface area contributed by atoms with Crippen LogP contribution in [0.15, 0.2) is 18.3 Å². The predicted octanol–water partition coefficient (Wildman–Crippen LogP) is 1.14. The van der Waals surface area contributed by atoms with Crippen LogP contribution in [0.4, 0.5) is 5.82 Å². The van der Waals surface area contributed by atoms with Crippen molar-refractivity contribution in [2.45, 2.75) is 19.8 Å². The number of amides is 1. The second-order valence-electron chi connectivity index (χ2n) is 4.68. The maximum atomic E-state index is 12.5. The number of carbonyl (C=O) groups excluding carboxylic acids is 1. The van der Waals surface area contributed by atoms with Gasteiger partial charge in [-0.15, -0.1) is 0 Å². The van der Waals surface area contributed by atoms with Crippen LogP contribution in [-0.2, 0) is 0 Å². The Bertz CT molecular complexity index is 430. The fourth-order valence-electron chi connectivity index (χ4n) is 2.44. The van der Waals surface area contributed by atoms with Gasteiger partial charge < -0.3 is 14.9 Å². The number of aliphatic hydroxyl groups is 1. The van der Waals surface area contributed by atoms with E-state index in [1.807, 2.05) is 13.0 Å². The number of hydrogen-bond acceptors (Lipinski definition) is 4. The average Bonchev–Trinajstić information content (AvgIpc) is 2.98. The molecule has 0 spiro atoms. The Labute approximate surface area is 113 Å². The fourth-order valence-corrected chi connectivity index (χ4v) is 2.44. The number of aromatic nitrogens is 1. The Kier molecular flexibility index (Phi) is 4.74. The molecule has 2 rings (SSSR count). The lowest BCUT2D eigenvalue weighted by Crippen LogP contribution is -2.35. The van der Waals surface area contributed by atoms with Crippen LogP contribution in [0, 0.1) is 0 Å². The molecular formula is C14H21N3O2. The molecule has 0 aromatic carbocycles. The number of carbonyl (C=O) groups is 1. The minimum Gasteiger partial charge on any atom is -0.395 e. The van der Waals surface area contributed by atoms with Crippen molar-refractivity contribution >= 4 is 11.7 Å². The molecule has 0 unspecified atom stereocenters. The number of likely N-dealkylation sites (N-methyl/N-ethyl adjacent to an activating group) is 1. The van der Waals surface area contributed by atoms with Crippen molar-refractivity contribution in [2.75, 3.05) is 37.7 Å². The number of hydrogen-bond donors (Lipinski definition) is 1. The van der Waals surface area contributed by atoms with Crippen LogP contribution in [0.3, 0.4) is 0 Å². The molecule has 1 aromatic heterocycles. The molecule has 1 N–H and O–H groups in total. The van der Waals surface area contributed by atoms with Crippen LogP contribution in [0.25, 0.3) is 0 Å². The van der Waals surface area contributed by atoms with Gasteiger partial charge in [-0.1, -0.05) is 0 Å². The third kappa shape index (κ3) is 3.04. The molecule has 0 radical (unpaired) electrons. The first-order valence-electron chi connectivity index (χ1n) is 6.88. The monoisotopic (exact) mass is 263 g/mol. The molecule has 1 aliphatic heterocycles. The molecule has 1 saturated heterocycles. The highest BCUT2D eigenvalue weighted by Crippen LogP contribution is 2.23. The molecule has 0 saturated carbocycles. The maximum absolute atomic E-state index is 12.5. The lowest BCUT2D eigenvalue weighted by molar-refractivity contribution is 0.0732. The van der Waals surface area contributed by atoms with E-state index in [1.165, 1.54) is 0 Å². The second kappa shape index (κ2) is 6.52. The summed E-state index contributed by atoms with van der Waals surface area (Å²) < 4.78 is 0. The molecule has 5 nitrogen and oxygen atoms in total. The van der Waals surface area contributed by atoms with Crippen molar-refractivity contribution in [3.05, 3.63) is 23.9 Å². The summed E-state index contributed by atoms with van der Waals surface area (Å²) in [6.45, 7) is 4.78. The molecule has 0 bridgehead atoms. The molecule has 19 heavy (non-hydrogen) atoms. The van der Waals surface area contributed by atoms with Gasteiger partial charge in [0.1, 0.15) is 5.82 Å². The van der Waals surface area contributed by atoms with Crippen LogP contribution >= 0.6 is 0 Å². The van der Waals surface area contributed by atoms with Crippen molar-refractivity contribution in [3.8, 4) is 0 Å². The maximum Gasteiger partial charge on any atom is 0.257 e. The van der Waals surface area contributed by atoms with E-state index in [1.54, 1.807) is 17.2 Å². The Balaban J connectivity index is 2.25. The smallest absolute Gasteiger partial charge is 0.257 e. The van der Waals surface area contributed by atoms with Gasteiger partial charge in [0.05, 0.1) is 12.2 Å². The molecule has 1 amide bonds. The molecule has 2 heterocycles. The van der Waals surface area contributed by atoms with E-state index in [2.05, 4.69) is 9.88 Å². The van der Waals surface area contributed by atoms with Crippen molar-refractivity contribution in [3.63, 3.8) is 0 Å². The Morgan fingerprint density at radius 1 is 1.47 bits per heavy atom. The zero-order valence-corrected chi connectivity index (χ0v) is 11.4. The minimum absolute atomic E-state index is 0.0150. The van der Waals surface area contributed by atoms with Crippen molar-refractivity contribution in [1.29, 1.82) is 0 Å². The van der Waals surface area contributed by atoms with E-state index in [4.69, 9.17) is 5.11 Å². The first-order chi connectivity index (χ1) is 9.27. The molecule has 1 aromatic rings. The molecule has 104 valence electrons. The van der Waals surface area contributed by atoms with Gasteiger partial charge in [0.15, 0.2) is 0 Å². The van der Waals surface area contributed by atoms with Crippen LogP contribution in [0.1, 0.15) is 30.1 Å². The summed E-state index contributed by atoms with van der Waals surface area (Å²) in [5.41, 5.74) is 0.639. The highest BCUT2D eigenvalue weighted by atomic mass is 16.3. The number of rotatable bonds is 5. The van der Waals surface area contributed by atoms with Gasteiger partial charge in [-0.05, 0) is 31.9 Å². The van der Waals surface area contributed by atoms with E-state index >= 15 is 0 Å². The van der Waals surface area contributed by atoms with Gasteiger partial charge >= 0.3 is 0 Å². The van der Waals surface area contributed by atoms with Crippen LogP contribution in [0.2, 0.25) is 0 Å². The van der Waals surface area contributed by atoms with Gasteiger partial charge in [-0.25, -0.2) is 4.98 Å². The first kappa shape index (κ1) is 13.8. The van der Waals surface area contributed by atoms with Crippen LogP contribution < -0.4 is 4.90 Å². The van der Waals surface area contributed by atoms with E-state index in [0.717, 1.165) is 31.7 Å². The fraction of sp³-hybridized carbons (Fsp3) is 0.571. The summed E-state index contributed by atoms with van der Waals surface area (Å²) in [5, 5.41) is 9.02. The van der Waals surface area contributed by atoms with Gasteiger partial charge in [0.25, 0.3) is 5.91 Å². The first-order valence-corrected chi connectivity index (χ1v) is 6.88. The third-order valence-corrected chi connectivity index (χ3v) is 3.46. The summed E-state index contributed by atoms with van der Waals surface area (Å²) in [6.07, 6.45) is 4.03. The molecule has 1 aliphatic rings. The number of aliphatic hydroxyl groups excluding tert-OH is 1. The van der Waals surface area contributed by atoms with Gasteiger partial charge in [-0.2, -0.15) is 0 Å². The van der Waals surface area contributed by atoms with E-state index in [9.17, 15) is 4.79 Å². The summed E-state index contributed by atoms with van der Waals surface area (Å²) in [6, 6.07) is 3.61. The van der Waals surface area contributed by atoms with E-state index in [-0.39, 0.29) is 12.5 Å². The predicted molar refractivity (Wildman–Crippen MR) is 74.3 cm³/mol. The zero-order valence-electron chi connectivity index (χ0n) is 11.4. The third-order valence-electron chi connectivity index (χ3n) is 3.46. The number of anilines is 1. The molecule has 0 atom stereocenters. The van der Waals surface area contributed by atoms with Crippen LogP contribution in [-0.4, -0.2) is 53.7 Å². The standard InChI is InChI=1S/C14H21N3O2/c1-2-16(10-11-18)14(19)12-6-5-7-15-13(12)17-8-3-4-9-17/h5-7,18H,2-4,8-11H2,1H3. The van der Waals surface area contributed by atoms with Crippen molar-refractivity contribution < 1.29 is 9.90 Å². The Morgan fingerprint density at radius 3 is 2.84 bits per heavy atom. The Hall–Kier alpha value is -1.62. The molecule has 1 fully saturated rings. The quantitative estimate of drug-likeness (QED) is 0.865. The van der Waals surface area contributed by atoms with E-state index < -0.39 is 0 Å². The van der Waals surface area contributed by atoms with Crippen LogP contribution in [0.5, 0.6) is 0 Å². The summed E-state index contributed by atoms with van der Waals surface area (Å²) in [4.78, 5) is 20.7. The minimum atomic E-state index is -0.0495. The van der Waals surface area contributed by atoms with E-state index in [0.29, 0.717) is 18.7 Å². The zero-order chi connectivity index (χ0) is 13.7. The van der Waals surface area contributed by atoms with Gasteiger partial charge in [-0.3, -0.25) is 4.79 Å². The number of pyridine rings is 1. The summed E-state index contributed by atoms with van der Waals surface area (Å²) >= 11 is 0. The lowest BCUT2D eigenvalue weighted by Gasteiger charge is -2.24. The topological polar surface area (TPSA) is 56.7 Å². The Morgan fingerprint density at radius 2 is 2.21 bits per heavy atom. The van der Waals surface area contributed by atoms with Crippen molar-refractivity contribution in [2.24, 2.45) is 0 Å². The highest BCUT2D eigenvalue weighted by molar-refractivity contribution is 5.98. The summed E-state index contributed by atoms with van der Waals surface area (Å²) in [5.74, 6) is 0.730. The molecule has 5 heteroatoms. The lowest BCUT2D eigenvalue weighted by atomic mass is 10.2. The highest BCUT2D eigenvalue weighted by Gasteiger charge is 2.23. The number of nitrogens with zero attached hydrogens (tertiary/aromatic N) is 3. The van der Waals surface area contributed by atoms with Gasteiger partial charge in [0.2, 0.25) is 0 Å². The normalized spacial score (nSPS) is 14.7. The largest absolute Gasteiger partial charge is 0.395 e. The second-order valence-corrected chi connectivity index (χ2v) is 4.68. The average molecular weight is 263 g/mol. The summed E-state index contributed by atoms with van der Waals surface area (Å²) in [7, 11) is 0. The van der Waals surface area contributed by atoms with Gasteiger partial charge in [0, 0.05) is 32.4 Å². The molecule has 0 aliphatic carbocycles. The molecular weight excluding hydrogens is 242 g/mol. The van der Waals surface area contributed by atoms with Crippen molar-refractivity contribution in [1.82, 2.24) is 9.88 Å². The SMILES string of the molecule is CCN(CCO)C(=O)c1cccnc1N1CCCC1.